The van der Waals surface area contributed by atoms with Crippen molar-refractivity contribution in [2.45, 2.75) is 38.1 Å². The molecule has 1 saturated heterocycles. The maximum absolute atomic E-state index is 12.3. The molecule has 0 aromatic carbocycles. The first kappa shape index (κ1) is 11.7. The predicted octanol–water partition coefficient (Wildman–Crippen LogP) is 0.196. The first-order valence-corrected chi connectivity index (χ1v) is 6.76. The minimum atomic E-state index is 0.134. The van der Waals surface area contributed by atoms with Crippen molar-refractivity contribution in [2.75, 3.05) is 18.0 Å². The maximum atomic E-state index is 12.3. The summed E-state index contributed by atoms with van der Waals surface area (Å²) in [6.45, 7) is 1.71. The van der Waals surface area contributed by atoms with Gasteiger partial charge in [0.25, 0.3) is 5.56 Å². The van der Waals surface area contributed by atoms with Gasteiger partial charge in [-0.1, -0.05) is 0 Å². The van der Waals surface area contributed by atoms with E-state index in [-0.39, 0.29) is 11.6 Å². The van der Waals surface area contributed by atoms with Gasteiger partial charge in [-0.3, -0.25) is 9.36 Å². The van der Waals surface area contributed by atoms with Crippen LogP contribution in [0.3, 0.4) is 0 Å². The minimum Gasteiger partial charge on any atom is -0.341 e. The van der Waals surface area contributed by atoms with Gasteiger partial charge in [0.1, 0.15) is 0 Å². The van der Waals surface area contributed by atoms with Crippen molar-refractivity contribution >= 4 is 5.95 Å². The van der Waals surface area contributed by atoms with Crippen molar-refractivity contribution in [1.82, 2.24) is 9.55 Å². The van der Waals surface area contributed by atoms with Crippen LogP contribution < -0.4 is 16.2 Å². The number of aryl methyl sites for hydroxylation is 1. The Kier molecular flexibility index (Phi) is 2.86. The number of anilines is 1. The summed E-state index contributed by atoms with van der Waals surface area (Å²) >= 11 is 0. The molecule has 1 aromatic rings. The highest BCUT2D eigenvalue weighted by atomic mass is 16.1. The highest BCUT2D eigenvalue weighted by Crippen LogP contribution is 2.21. The predicted molar refractivity (Wildman–Crippen MR) is 70.9 cm³/mol. The smallest absolute Gasteiger partial charge is 0.258 e. The van der Waals surface area contributed by atoms with E-state index in [1.54, 1.807) is 4.57 Å². The number of hydrogen-bond acceptors (Lipinski definition) is 4. The van der Waals surface area contributed by atoms with Crippen LogP contribution in [0, 0.1) is 0 Å². The zero-order valence-corrected chi connectivity index (χ0v) is 10.9. The largest absolute Gasteiger partial charge is 0.341 e. The molecule has 5 nitrogen and oxygen atoms in total. The lowest BCUT2D eigenvalue weighted by Gasteiger charge is -2.23. The molecule has 0 bridgehead atoms. The third kappa shape index (κ3) is 1.82. The maximum Gasteiger partial charge on any atom is 0.258 e. The Balaban J connectivity index is 2.05. The van der Waals surface area contributed by atoms with E-state index < -0.39 is 0 Å². The van der Waals surface area contributed by atoms with Crippen LogP contribution in [-0.4, -0.2) is 28.7 Å². The molecule has 5 heteroatoms. The Hall–Kier alpha value is -1.36. The molecule has 0 saturated carbocycles. The number of rotatable bonds is 1. The van der Waals surface area contributed by atoms with Gasteiger partial charge in [0.05, 0.1) is 5.69 Å². The number of nitrogens with two attached hydrogens (primary N) is 1. The first-order valence-electron chi connectivity index (χ1n) is 6.76. The highest BCUT2D eigenvalue weighted by molar-refractivity contribution is 5.37. The fourth-order valence-electron chi connectivity index (χ4n) is 2.98. The van der Waals surface area contributed by atoms with Crippen LogP contribution >= 0.6 is 0 Å². The van der Waals surface area contributed by atoms with Crippen molar-refractivity contribution in [1.29, 1.82) is 0 Å². The van der Waals surface area contributed by atoms with Gasteiger partial charge < -0.3 is 10.6 Å². The quantitative estimate of drug-likeness (QED) is 0.771. The van der Waals surface area contributed by atoms with Crippen molar-refractivity contribution in [3.63, 3.8) is 0 Å². The van der Waals surface area contributed by atoms with Crippen LogP contribution in [-0.2, 0) is 19.9 Å². The molecule has 0 radical (unpaired) electrons. The second kappa shape index (κ2) is 4.39. The average Bonchev–Trinajstić information content (AvgIpc) is 2.80. The summed E-state index contributed by atoms with van der Waals surface area (Å²) in [6, 6.07) is 0.206. The molecule has 98 valence electrons. The normalized spacial score (nSPS) is 23.2. The second-order valence-corrected chi connectivity index (χ2v) is 5.40. The van der Waals surface area contributed by atoms with E-state index in [1.807, 2.05) is 7.05 Å². The Morgan fingerprint density at radius 1 is 1.33 bits per heavy atom. The topological polar surface area (TPSA) is 64.2 Å². The van der Waals surface area contributed by atoms with Crippen LogP contribution in [0.5, 0.6) is 0 Å². The molecular weight excluding hydrogens is 228 g/mol. The van der Waals surface area contributed by atoms with Gasteiger partial charge in [0.15, 0.2) is 0 Å². The molecule has 2 N–H and O–H groups in total. The van der Waals surface area contributed by atoms with Crippen LogP contribution in [0.2, 0.25) is 0 Å². The SMILES string of the molecule is Cn1c(N2CCC(N)C2)nc2c(c1=O)CCCC2. The van der Waals surface area contributed by atoms with Crippen molar-refractivity contribution in [3.05, 3.63) is 21.6 Å². The van der Waals surface area contributed by atoms with Gasteiger partial charge in [-0.25, -0.2) is 4.98 Å². The van der Waals surface area contributed by atoms with Gasteiger partial charge in [0.2, 0.25) is 5.95 Å². The van der Waals surface area contributed by atoms with Gasteiger partial charge in [-0.15, -0.1) is 0 Å². The number of nitrogens with zero attached hydrogens (tertiary/aromatic N) is 3. The number of fused-ring (bicyclic) bond motifs is 1. The van der Waals surface area contributed by atoms with Gasteiger partial charge >= 0.3 is 0 Å². The van der Waals surface area contributed by atoms with Crippen LogP contribution in [0.1, 0.15) is 30.5 Å². The Labute approximate surface area is 107 Å². The monoisotopic (exact) mass is 248 g/mol. The molecule has 1 unspecified atom stereocenters. The molecule has 0 amide bonds. The van der Waals surface area contributed by atoms with Crippen molar-refractivity contribution in [3.8, 4) is 0 Å². The van der Waals surface area contributed by atoms with E-state index in [0.29, 0.717) is 0 Å². The summed E-state index contributed by atoms with van der Waals surface area (Å²) in [6.07, 6.45) is 5.06. The Morgan fingerprint density at radius 3 is 2.83 bits per heavy atom. The fourth-order valence-corrected chi connectivity index (χ4v) is 2.98. The molecule has 2 aliphatic rings. The average molecular weight is 248 g/mol. The van der Waals surface area contributed by atoms with E-state index in [1.165, 1.54) is 0 Å². The first-order chi connectivity index (χ1) is 8.66. The fraction of sp³-hybridized carbons (Fsp3) is 0.692. The van der Waals surface area contributed by atoms with Crippen LogP contribution in [0.4, 0.5) is 5.95 Å². The molecule has 0 spiro atoms. The van der Waals surface area contributed by atoms with Crippen molar-refractivity contribution in [2.24, 2.45) is 12.8 Å². The molecule has 18 heavy (non-hydrogen) atoms. The summed E-state index contributed by atoms with van der Waals surface area (Å²) in [5, 5.41) is 0. The molecule has 1 aromatic heterocycles. The molecule has 1 fully saturated rings. The summed E-state index contributed by atoms with van der Waals surface area (Å²) in [7, 11) is 1.82. The van der Waals surface area contributed by atoms with Crippen molar-refractivity contribution < 1.29 is 0 Å². The van der Waals surface area contributed by atoms with Crippen LogP contribution in [0.15, 0.2) is 4.79 Å². The number of hydrogen-bond donors (Lipinski definition) is 1. The highest BCUT2D eigenvalue weighted by Gasteiger charge is 2.25. The minimum absolute atomic E-state index is 0.134. The number of aromatic nitrogens is 2. The molecule has 3 rings (SSSR count). The van der Waals surface area contributed by atoms with Gasteiger partial charge in [-0.05, 0) is 32.1 Å². The summed E-state index contributed by atoms with van der Waals surface area (Å²) in [4.78, 5) is 19.2. The second-order valence-electron chi connectivity index (χ2n) is 5.40. The molecule has 1 aliphatic carbocycles. The summed E-state index contributed by atoms with van der Waals surface area (Å²) in [5.74, 6) is 0.800. The summed E-state index contributed by atoms with van der Waals surface area (Å²) < 4.78 is 1.70. The van der Waals surface area contributed by atoms with E-state index in [0.717, 1.165) is 62.4 Å². The zero-order chi connectivity index (χ0) is 12.7. The van der Waals surface area contributed by atoms with E-state index in [9.17, 15) is 4.79 Å². The molecule has 1 atom stereocenters. The zero-order valence-electron chi connectivity index (χ0n) is 10.9. The van der Waals surface area contributed by atoms with Crippen LogP contribution in [0.25, 0.3) is 0 Å². The summed E-state index contributed by atoms with van der Waals surface area (Å²) in [5.41, 5.74) is 8.01. The lowest BCUT2D eigenvalue weighted by Crippen LogP contribution is -2.35. The Bertz CT molecular complexity index is 522. The van der Waals surface area contributed by atoms with Gasteiger partial charge in [0, 0.05) is 31.7 Å². The lowest BCUT2D eigenvalue weighted by atomic mass is 9.97. The standard InChI is InChI=1S/C13H20N4O/c1-16-12(18)10-4-2-3-5-11(10)15-13(16)17-7-6-9(14)8-17/h9H,2-8,14H2,1H3. The Morgan fingerprint density at radius 2 is 2.11 bits per heavy atom. The van der Waals surface area contributed by atoms with E-state index in [4.69, 9.17) is 10.7 Å². The van der Waals surface area contributed by atoms with Gasteiger partial charge in [-0.2, -0.15) is 0 Å². The van der Waals surface area contributed by atoms with E-state index in [2.05, 4.69) is 4.90 Å². The molecular formula is C13H20N4O. The molecule has 2 heterocycles. The molecule has 1 aliphatic heterocycles. The third-order valence-corrected chi connectivity index (χ3v) is 4.04. The lowest BCUT2D eigenvalue weighted by molar-refractivity contribution is 0.630. The third-order valence-electron chi connectivity index (χ3n) is 4.04. The van der Waals surface area contributed by atoms with E-state index >= 15 is 0 Å².